The molecule has 31 heavy (non-hydrogen) atoms. The van der Waals surface area contributed by atoms with Gasteiger partial charge in [-0.25, -0.2) is 8.42 Å². The topological polar surface area (TPSA) is 83.6 Å². The molecule has 0 bridgehead atoms. The van der Waals surface area contributed by atoms with E-state index < -0.39 is 15.1 Å². The molecular weight excluding hydrogens is 436 g/mol. The predicted molar refractivity (Wildman–Crippen MR) is 121 cm³/mol. The first-order valence-corrected chi connectivity index (χ1v) is 12.3. The molecule has 1 heterocycles. The molecule has 1 N–H and O–H groups in total. The maximum Gasteiger partial charge on any atom is 0.230 e. The molecule has 1 aliphatic carbocycles. The number of sulfone groups is 1. The number of hydrogen-bond donors (Lipinski definition) is 1. The van der Waals surface area contributed by atoms with E-state index in [0.29, 0.717) is 23.7 Å². The summed E-state index contributed by atoms with van der Waals surface area (Å²) in [6, 6.07) is 10.1. The van der Waals surface area contributed by atoms with Crippen molar-refractivity contribution in [3.63, 3.8) is 0 Å². The lowest BCUT2D eigenvalue weighted by molar-refractivity contribution is -0.119. The van der Waals surface area contributed by atoms with Crippen LogP contribution in [0.1, 0.15) is 37.3 Å². The first kappa shape index (κ1) is 21.8. The van der Waals surface area contributed by atoms with Gasteiger partial charge in [-0.2, -0.15) is 0 Å². The molecule has 2 amide bonds. The Hall–Kier alpha value is -2.38. The van der Waals surface area contributed by atoms with Crippen LogP contribution in [0.2, 0.25) is 5.02 Å². The molecule has 6 nitrogen and oxygen atoms in total. The van der Waals surface area contributed by atoms with Crippen molar-refractivity contribution < 1.29 is 18.0 Å². The van der Waals surface area contributed by atoms with E-state index in [1.54, 1.807) is 48.2 Å². The highest BCUT2D eigenvalue weighted by Gasteiger charge is 2.37. The number of amides is 2. The second-order valence-electron chi connectivity index (χ2n) is 8.32. The molecule has 0 saturated heterocycles. The summed E-state index contributed by atoms with van der Waals surface area (Å²) in [5, 5.41) is 2.39. The Morgan fingerprint density at radius 1 is 1.23 bits per heavy atom. The van der Waals surface area contributed by atoms with Crippen LogP contribution in [-0.4, -0.2) is 32.0 Å². The van der Waals surface area contributed by atoms with E-state index in [-0.39, 0.29) is 29.0 Å². The van der Waals surface area contributed by atoms with Gasteiger partial charge < -0.3 is 10.2 Å². The Bertz CT molecular complexity index is 1160. The van der Waals surface area contributed by atoms with Gasteiger partial charge in [0.05, 0.1) is 10.1 Å². The van der Waals surface area contributed by atoms with Crippen LogP contribution in [0.3, 0.4) is 0 Å². The van der Waals surface area contributed by atoms with Crippen molar-refractivity contribution in [1.29, 1.82) is 0 Å². The van der Waals surface area contributed by atoms with E-state index in [0.717, 1.165) is 29.7 Å². The van der Waals surface area contributed by atoms with Gasteiger partial charge in [0.25, 0.3) is 0 Å². The molecule has 1 aliphatic heterocycles. The maximum atomic E-state index is 13.1. The lowest BCUT2D eigenvalue weighted by Crippen LogP contribution is -2.30. The highest BCUT2D eigenvalue weighted by atomic mass is 35.5. The number of hydrogen-bond acceptors (Lipinski definition) is 4. The number of nitrogens with one attached hydrogen (secondary N) is 1. The van der Waals surface area contributed by atoms with Crippen LogP contribution in [-0.2, 0) is 25.8 Å². The summed E-state index contributed by atoms with van der Waals surface area (Å²) in [6.45, 7) is 3.92. The van der Waals surface area contributed by atoms with E-state index >= 15 is 0 Å². The summed E-state index contributed by atoms with van der Waals surface area (Å²) in [7, 11) is -3.70. The van der Waals surface area contributed by atoms with E-state index in [2.05, 4.69) is 5.32 Å². The van der Waals surface area contributed by atoms with E-state index in [9.17, 15) is 18.0 Å². The Morgan fingerprint density at radius 2 is 1.97 bits per heavy atom. The molecule has 2 aromatic rings. The van der Waals surface area contributed by atoms with Gasteiger partial charge in [-0.3, -0.25) is 9.59 Å². The standard InChI is InChI=1S/C23H25ClN2O4S/c1-14(12-22(27)25-20-5-3-4-19(24)15(20)2)31(29,30)18-8-9-21-17(13-18)10-11-26(21)23(28)16-6-7-16/h3-5,8-9,13-14,16H,6-7,10-12H2,1-2H3,(H,25,27). The molecule has 164 valence electrons. The van der Waals surface area contributed by atoms with Crippen LogP contribution in [0.4, 0.5) is 11.4 Å². The molecule has 1 saturated carbocycles. The molecule has 0 radical (unpaired) electrons. The molecular formula is C23H25ClN2O4S. The molecule has 0 aromatic heterocycles. The van der Waals surface area contributed by atoms with Crippen molar-refractivity contribution in [3.8, 4) is 0 Å². The van der Waals surface area contributed by atoms with E-state index in [1.807, 2.05) is 0 Å². The molecule has 1 atom stereocenters. The summed E-state index contributed by atoms with van der Waals surface area (Å²) in [5.41, 5.74) is 2.97. The molecule has 1 unspecified atom stereocenters. The van der Waals surface area contributed by atoms with E-state index in [4.69, 9.17) is 11.6 Å². The number of halogens is 1. The van der Waals surface area contributed by atoms with Gasteiger partial charge >= 0.3 is 0 Å². The summed E-state index contributed by atoms with van der Waals surface area (Å²) < 4.78 is 26.2. The molecule has 2 aromatic carbocycles. The molecule has 2 aliphatic rings. The van der Waals surface area contributed by atoms with Crippen molar-refractivity contribution >= 4 is 44.6 Å². The maximum absolute atomic E-state index is 13.1. The fraction of sp³-hybridized carbons (Fsp3) is 0.391. The van der Waals surface area contributed by atoms with Crippen LogP contribution in [0.25, 0.3) is 0 Å². The number of rotatable bonds is 6. The average molecular weight is 461 g/mol. The summed E-state index contributed by atoms with van der Waals surface area (Å²) in [4.78, 5) is 26.9. The highest BCUT2D eigenvalue weighted by Crippen LogP contribution is 2.37. The monoisotopic (exact) mass is 460 g/mol. The second-order valence-corrected chi connectivity index (χ2v) is 11.1. The fourth-order valence-electron chi connectivity index (χ4n) is 3.88. The number of benzene rings is 2. The first-order valence-electron chi connectivity index (χ1n) is 10.4. The van der Waals surface area contributed by atoms with Crippen molar-refractivity contribution in [2.75, 3.05) is 16.8 Å². The minimum Gasteiger partial charge on any atom is -0.326 e. The third-order valence-electron chi connectivity index (χ3n) is 6.01. The minimum absolute atomic E-state index is 0.121. The van der Waals surface area contributed by atoms with Crippen LogP contribution >= 0.6 is 11.6 Å². The molecule has 1 fully saturated rings. The average Bonchev–Trinajstić information content (AvgIpc) is 3.49. The summed E-state index contributed by atoms with van der Waals surface area (Å²) >= 11 is 6.08. The SMILES string of the molecule is Cc1c(Cl)cccc1NC(=O)CC(C)S(=O)(=O)c1ccc2c(c1)CCN2C(=O)C1CC1. The van der Waals surface area contributed by atoms with Gasteiger partial charge in [0, 0.05) is 35.3 Å². The first-order chi connectivity index (χ1) is 14.7. The number of carbonyl (C=O) groups excluding carboxylic acids is 2. The quantitative estimate of drug-likeness (QED) is 0.702. The third kappa shape index (κ3) is 4.34. The lowest BCUT2D eigenvalue weighted by Gasteiger charge is -2.18. The Balaban J connectivity index is 1.47. The van der Waals surface area contributed by atoms with Crippen molar-refractivity contribution in [2.24, 2.45) is 5.92 Å². The van der Waals surface area contributed by atoms with E-state index in [1.165, 1.54) is 6.92 Å². The van der Waals surface area contributed by atoms with Crippen LogP contribution in [0.5, 0.6) is 0 Å². The Kier molecular flexibility index (Phi) is 5.83. The molecule has 0 spiro atoms. The van der Waals surface area contributed by atoms with Gasteiger partial charge in [-0.15, -0.1) is 0 Å². The molecule has 8 heteroatoms. The predicted octanol–water partition coefficient (Wildman–Crippen LogP) is 4.14. The van der Waals surface area contributed by atoms with Gasteiger partial charge in [0.2, 0.25) is 11.8 Å². The Labute approximate surface area is 187 Å². The number of fused-ring (bicyclic) bond motifs is 1. The second kappa shape index (κ2) is 8.28. The van der Waals surface area contributed by atoms with Crippen molar-refractivity contribution in [3.05, 3.63) is 52.5 Å². The summed E-state index contributed by atoms with van der Waals surface area (Å²) in [6.07, 6.45) is 2.34. The fourth-order valence-corrected chi connectivity index (χ4v) is 5.46. The van der Waals surface area contributed by atoms with Crippen molar-refractivity contribution in [1.82, 2.24) is 0 Å². The lowest BCUT2D eigenvalue weighted by atomic mass is 10.2. The molecule has 4 rings (SSSR count). The van der Waals surface area contributed by atoms with Crippen LogP contribution in [0, 0.1) is 12.8 Å². The van der Waals surface area contributed by atoms with Crippen LogP contribution in [0.15, 0.2) is 41.3 Å². The van der Waals surface area contributed by atoms with Gasteiger partial charge in [0.15, 0.2) is 9.84 Å². The largest absolute Gasteiger partial charge is 0.326 e. The van der Waals surface area contributed by atoms with Gasteiger partial charge in [0.1, 0.15) is 0 Å². The minimum atomic E-state index is -3.70. The number of nitrogens with zero attached hydrogens (tertiary/aromatic N) is 1. The third-order valence-corrected chi connectivity index (χ3v) is 8.56. The zero-order valence-electron chi connectivity index (χ0n) is 17.5. The summed E-state index contributed by atoms with van der Waals surface area (Å²) in [5.74, 6) is -0.129. The Morgan fingerprint density at radius 3 is 2.68 bits per heavy atom. The number of carbonyl (C=O) groups is 2. The zero-order chi connectivity index (χ0) is 22.3. The normalized spacial score (nSPS) is 16.7. The van der Waals surface area contributed by atoms with Crippen LogP contribution < -0.4 is 10.2 Å². The smallest absolute Gasteiger partial charge is 0.230 e. The van der Waals surface area contributed by atoms with Crippen molar-refractivity contribution in [2.45, 2.75) is 49.7 Å². The number of anilines is 2. The van der Waals surface area contributed by atoms with Gasteiger partial charge in [-0.1, -0.05) is 17.7 Å². The van der Waals surface area contributed by atoms with Gasteiger partial charge in [-0.05, 0) is 74.6 Å². The highest BCUT2D eigenvalue weighted by molar-refractivity contribution is 7.92. The zero-order valence-corrected chi connectivity index (χ0v) is 19.1.